The minimum absolute atomic E-state index is 0.0219. The van der Waals surface area contributed by atoms with E-state index in [4.69, 9.17) is 9.47 Å². The second-order valence-corrected chi connectivity index (χ2v) is 10.7. The van der Waals surface area contributed by atoms with Crippen LogP contribution in [-0.2, 0) is 29.7 Å². The van der Waals surface area contributed by atoms with E-state index in [-0.39, 0.29) is 30.8 Å². The van der Waals surface area contributed by atoms with Gasteiger partial charge in [-0.25, -0.2) is 9.48 Å². The van der Waals surface area contributed by atoms with Crippen LogP contribution in [0.1, 0.15) is 53.1 Å². The summed E-state index contributed by atoms with van der Waals surface area (Å²) in [5, 5.41) is 27.8. The van der Waals surface area contributed by atoms with Gasteiger partial charge in [0.15, 0.2) is 6.29 Å². The molecular formula is C30H34N6O4S. The fourth-order valence-electron chi connectivity index (χ4n) is 4.85. The van der Waals surface area contributed by atoms with Gasteiger partial charge in [-0.15, -0.1) is 5.10 Å². The maximum atomic E-state index is 11.8. The van der Waals surface area contributed by atoms with Crippen LogP contribution in [0, 0.1) is 0 Å². The molecule has 3 N–H and O–H groups in total. The van der Waals surface area contributed by atoms with Crippen LogP contribution in [0.15, 0.2) is 84.0 Å². The van der Waals surface area contributed by atoms with Crippen LogP contribution in [0.3, 0.4) is 0 Å². The molecule has 4 atom stereocenters. The Bertz CT molecular complexity index is 1400. The zero-order valence-electron chi connectivity index (χ0n) is 23.0. The number of amides is 2. The number of thioether (sulfide) groups is 1. The smallest absolute Gasteiger partial charge is 0.315 e. The van der Waals surface area contributed by atoms with Gasteiger partial charge in [-0.2, -0.15) is 0 Å². The summed E-state index contributed by atoms with van der Waals surface area (Å²) in [4.78, 5) is 11.8. The quantitative estimate of drug-likeness (QED) is 0.240. The van der Waals surface area contributed by atoms with Crippen molar-refractivity contribution in [2.75, 3.05) is 12.3 Å². The summed E-state index contributed by atoms with van der Waals surface area (Å²) in [6.45, 7) is 2.85. The van der Waals surface area contributed by atoms with Crippen LogP contribution in [0.5, 0.6) is 0 Å². The zero-order chi connectivity index (χ0) is 28.6. The molecule has 4 unspecified atom stereocenters. The number of hydrogen-bond acceptors (Lipinski definition) is 8. The molecule has 1 aliphatic rings. The number of rotatable bonds is 10. The lowest BCUT2D eigenvalue weighted by Gasteiger charge is -2.43. The molecule has 0 bridgehead atoms. The lowest BCUT2D eigenvalue weighted by molar-refractivity contribution is -0.255. The van der Waals surface area contributed by atoms with Crippen molar-refractivity contribution in [2.24, 2.45) is 7.05 Å². The molecule has 2 amide bonds. The molecule has 10 nitrogen and oxygen atoms in total. The molecule has 1 aliphatic heterocycles. The summed E-state index contributed by atoms with van der Waals surface area (Å²) in [5.41, 5.74) is 4.80. The van der Waals surface area contributed by atoms with Crippen molar-refractivity contribution in [1.82, 2.24) is 30.8 Å². The predicted octanol–water partition coefficient (Wildman–Crippen LogP) is 4.25. The minimum atomic E-state index is -0.619. The van der Waals surface area contributed by atoms with Gasteiger partial charge < -0.3 is 25.2 Å². The predicted molar refractivity (Wildman–Crippen MR) is 155 cm³/mol. The van der Waals surface area contributed by atoms with Crippen LogP contribution in [0.4, 0.5) is 4.79 Å². The molecule has 0 aliphatic carbocycles. The molecular weight excluding hydrogens is 540 g/mol. The second kappa shape index (κ2) is 13.7. The Morgan fingerprint density at radius 3 is 2.29 bits per heavy atom. The Kier molecular flexibility index (Phi) is 9.63. The molecule has 1 fully saturated rings. The number of aromatic nitrogens is 4. The molecule has 0 saturated carbocycles. The molecule has 11 heteroatoms. The summed E-state index contributed by atoms with van der Waals surface area (Å²) in [7, 11) is 1.82. The number of carbonyl (C=O) groups is 1. The Balaban J connectivity index is 1.45. The molecule has 214 valence electrons. The topological polar surface area (TPSA) is 123 Å². The first-order chi connectivity index (χ1) is 20.1. The van der Waals surface area contributed by atoms with Crippen molar-refractivity contribution in [3.8, 4) is 0 Å². The highest BCUT2D eigenvalue weighted by Crippen LogP contribution is 2.47. The van der Waals surface area contributed by atoms with Crippen LogP contribution < -0.4 is 10.6 Å². The van der Waals surface area contributed by atoms with Crippen molar-refractivity contribution < 1.29 is 19.4 Å². The van der Waals surface area contributed by atoms with E-state index in [9.17, 15) is 9.90 Å². The maximum Gasteiger partial charge on any atom is 0.315 e. The van der Waals surface area contributed by atoms with Gasteiger partial charge in [0, 0.05) is 37.4 Å². The first kappa shape index (κ1) is 28.7. The number of aryl methyl sites for hydroxylation is 1. The fraction of sp³-hybridized carbons (Fsp3) is 0.333. The van der Waals surface area contributed by atoms with Gasteiger partial charge >= 0.3 is 6.03 Å². The largest absolute Gasteiger partial charge is 0.392 e. The van der Waals surface area contributed by atoms with E-state index in [0.29, 0.717) is 24.0 Å². The van der Waals surface area contributed by atoms with Crippen LogP contribution in [0.25, 0.3) is 0 Å². The Hall–Kier alpha value is -3.77. The van der Waals surface area contributed by atoms with Gasteiger partial charge in [-0.1, -0.05) is 90.6 Å². The maximum absolute atomic E-state index is 11.8. The number of benzene rings is 3. The number of tetrazole rings is 1. The Labute approximate surface area is 243 Å². The van der Waals surface area contributed by atoms with E-state index in [1.54, 1.807) is 16.4 Å². The highest BCUT2D eigenvalue weighted by atomic mass is 32.2. The van der Waals surface area contributed by atoms with Gasteiger partial charge in [0.05, 0.1) is 18.8 Å². The number of aliphatic hydroxyl groups excluding tert-OH is 1. The average Bonchev–Trinajstić information content (AvgIpc) is 3.43. The van der Waals surface area contributed by atoms with E-state index < -0.39 is 6.29 Å². The molecule has 0 radical (unpaired) electrons. The average molecular weight is 575 g/mol. The highest BCUT2D eigenvalue weighted by molar-refractivity contribution is 7.99. The number of ether oxygens (including phenoxy) is 2. The molecule has 41 heavy (non-hydrogen) atoms. The van der Waals surface area contributed by atoms with Crippen LogP contribution in [-0.4, -0.2) is 49.7 Å². The van der Waals surface area contributed by atoms with Gasteiger partial charge in [0.1, 0.15) is 0 Å². The van der Waals surface area contributed by atoms with Crippen LogP contribution >= 0.6 is 11.8 Å². The minimum Gasteiger partial charge on any atom is -0.392 e. The number of nitrogens with zero attached hydrogens (tertiary/aromatic N) is 4. The van der Waals surface area contributed by atoms with Crippen molar-refractivity contribution in [1.29, 1.82) is 0 Å². The highest BCUT2D eigenvalue weighted by Gasteiger charge is 2.42. The lowest BCUT2D eigenvalue weighted by atomic mass is 9.84. The molecule has 5 rings (SSSR count). The number of hydrogen-bond donors (Lipinski definition) is 3. The molecule has 1 saturated heterocycles. The third-order valence-electron chi connectivity index (χ3n) is 6.97. The summed E-state index contributed by atoms with van der Waals surface area (Å²) in [6, 6.07) is 25.8. The summed E-state index contributed by atoms with van der Waals surface area (Å²) in [6.07, 6.45) is -1.17. The number of carbonyl (C=O) groups excluding carboxylic acids is 1. The van der Waals surface area contributed by atoms with Crippen molar-refractivity contribution in [3.05, 3.63) is 107 Å². The van der Waals surface area contributed by atoms with Gasteiger partial charge in [0.2, 0.25) is 5.16 Å². The summed E-state index contributed by atoms with van der Waals surface area (Å²) >= 11 is 1.54. The summed E-state index contributed by atoms with van der Waals surface area (Å²) < 4.78 is 15.1. The SMILES string of the molecule is CCNC(=O)NCc1ccc(C2OC(CSc3nnnn3C)C(c3ccccc3)C(c3ccc(CO)cc3)O2)cc1. The Morgan fingerprint density at radius 2 is 1.63 bits per heavy atom. The number of urea groups is 1. The molecule has 1 aromatic heterocycles. The third-order valence-corrected chi connectivity index (χ3v) is 8.07. The van der Waals surface area contributed by atoms with Gasteiger partial charge in [-0.3, -0.25) is 0 Å². The Morgan fingerprint density at radius 1 is 0.927 bits per heavy atom. The van der Waals surface area contributed by atoms with E-state index in [1.807, 2.05) is 80.7 Å². The van der Waals surface area contributed by atoms with Gasteiger partial charge in [-0.05, 0) is 39.6 Å². The molecule has 0 spiro atoms. The second-order valence-electron chi connectivity index (χ2n) is 9.75. The summed E-state index contributed by atoms with van der Waals surface area (Å²) in [5.74, 6) is 0.495. The third kappa shape index (κ3) is 7.12. The van der Waals surface area contributed by atoms with Crippen LogP contribution in [0.2, 0.25) is 0 Å². The van der Waals surface area contributed by atoms with E-state index in [2.05, 4.69) is 38.3 Å². The first-order valence-corrected chi connectivity index (χ1v) is 14.6. The fourth-order valence-corrected chi connectivity index (χ4v) is 5.77. The molecule has 3 aromatic carbocycles. The zero-order valence-corrected chi connectivity index (χ0v) is 23.8. The van der Waals surface area contributed by atoms with E-state index in [1.165, 1.54) is 0 Å². The van der Waals surface area contributed by atoms with Crippen molar-refractivity contribution >= 4 is 17.8 Å². The normalized spacial score (nSPS) is 20.5. The van der Waals surface area contributed by atoms with E-state index in [0.717, 1.165) is 27.8 Å². The number of aliphatic hydroxyl groups is 1. The number of nitrogens with one attached hydrogen (secondary N) is 2. The van der Waals surface area contributed by atoms with Crippen molar-refractivity contribution in [3.63, 3.8) is 0 Å². The standard InChI is InChI=1S/C30H34N6O4S/c1-3-31-29(38)32-17-20-9-15-24(16-10-20)28-39-25(19-41-30-33-34-35-36(30)2)26(22-7-5-4-6-8-22)27(40-28)23-13-11-21(18-37)12-14-23/h4-16,25-28,37H,3,17-19H2,1-2H3,(H2,31,32,38). The first-order valence-electron chi connectivity index (χ1n) is 13.6. The van der Waals surface area contributed by atoms with Gasteiger partial charge in [0.25, 0.3) is 0 Å². The van der Waals surface area contributed by atoms with E-state index >= 15 is 0 Å². The molecule has 4 aromatic rings. The van der Waals surface area contributed by atoms with Crippen molar-refractivity contribution in [2.45, 2.75) is 49.6 Å². The monoisotopic (exact) mass is 574 g/mol. The molecule has 2 heterocycles. The lowest BCUT2D eigenvalue weighted by Crippen LogP contribution is -2.38.